The molecule has 2 heterocycles. The second-order valence-corrected chi connectivity index (χ2v) is 7.65. The van der Waals surface area contributed by atoms with Crippen molar-refractivity contribution in [2.24, 2.45) is 0 Å². The highest BCUT2D eigenvalue weighted by Crippen LogP contribution is 2.40. The molecule has 0 unspecified atom stereocenters. The van der Waals surface area contributed by atoms with Crippen molar-refractivity contribution in [2.45, 2.75) is 25.4 Å². The highest BCUT2D eigenvalue weighted by atomic mass is 32.1. The number of alkyl halides is 3. The van der Waals surface area contributed by atoms with E-state index in [-0.39, 0.29) is 11.1 Å². The summed E-state index contributed by atoms with van der Waals surface area (Å²) in [5.74, 6) is -0.857. The Morgan fingerprint density at radius 2 is 1.69 bits per heavy atom. The van der Waals surface area contributed by atoms with Crippen molar-refractivity contribution in [3.63, 3.8) is 0 Å². The molecule has 9 heteroatoms. The van der Waals surface area contributed by atoms with Crippen LogP contribution in [-0.2, 0) is 19.0 Å². The molecule has 3 aromatic rings. The molecule has 1 aromatic carbocycles. The first-order valence-corrected chi connectivity index (χ1v) is 9.59. The predicted molar refractivity (Wildman–Crippen MR) is 101 cm³/mol. The fourth-order valence-corrected chi connectivity index (χ4v) is 4.56. The molecule has 0 fully saturated rings. The molecule has 0 spiro atoms. The molecule has 148 valence electrons. The normalized spacial score (nSPS) is 13.2. The Hall–Kier alpha value is -3.07. The van der Waals surface area contributed by atoms with Crippen LogP contribution in [-0.4, -0.2) is 21.7 Å². The molecule has 0 radical (unpaired) electrons. The van der Waals surface area contributed by atoms with Crippen molar-refractivity contribution in [1.82, 2.24) is 9.97 Å². The first-order valence-electron chi connectivity index (χ1n) is 8.77. The zero-order valence-corrected chi connectivity index (χ0v) is 15.7. The molecule has 1 aliphatic carbocycles. The van der Waals surface area contributed by atoms with Gasteiger partial charge in [0.15, 0.2) is 5.78 Å². The molecule has 0 saturated carbocycles. The van der Waals surface area contributed by atoms with Crippen LogP contribution in [0.1, 0.15) is 48.7 Å². The second kappa shape index (κ2) is 7.40. The number of carbonyl (C=O) groups is 2. The Morgan fingerprint density at radius 3 is 2.34 bits per heavy atom. The Kier molecular flexibility index (Phi) is 4.91. The van der Waals surface area contributed by atoms with Gasteiger partial charge in [0.2, 0.25) is 0 Å². The quantitative estimate of drug-likeness (QED) is 0.633. The van der Waals surface area contributed by atoms with E-state index in [4.69, 9.17) is 0 Å². The summed E-state index contributed by atoms with van der Waals surface area (Å²) < 4.78 is 38.4. The number of carbonyl (C=O) groups excluding carboxylic acids is 2. The second-order valence-electron chi connectivity index (χ2n) is 6.55. The summed E-state index contributed by atoms with van der Waals surface area (Å²) in [5, 5.41) is 3.14. The zero-order chi connectivity index (χ0) is 20.6. The van der Waals surface area contributed by atoms with E-state index >= 15 is 0 Å². The van der Waals surface area contributed by atoms with Gasteiger partial charge in [-0.1, -0.05) is 12.1 Å². The van der Waals surface area contributed by atoms with E-state index in [1.807, 2.05) is 0 Å². The molecular formula is C20H14F3N3O2S. The number of benzene rings is 1. The molecule has 0 atom stereocenters. The number of amides is 1. The third kappa shape index (κ3) is 3.77. The maximum Gasteiger partial charge on any atom is 0.416 e. The van der Waals surface area contributed by atoms with Crippen LogP contribution in [0.2, 0.25) is 0 Å². The number of nitrogens with zero attached hydrogens (tertiary/aromatic N) is 2. The number of ketones is 1. The van der Waals surface area contributed by atoms with Crippen molar-refractivity contribution >= 4 is 28.0 Å². The summed E-state index contributed by atoms with van der Waals surface area (Å²) in [6.07, 6.45) is 1.95. The molecule has 5 nitrogen and oxygen atoms in total. The number of aromatic nitrogens is 2. The van der Waals surface area contributed by atoms with Crippen molar-refractivity contribution in [3.05, 3.63) is 75.7 Å². The third-order valence-electron chi connectivity index (χ3n) is 4.67. The first kappa shape index (κ1) is 19.3. The van der Waals surface area contributed by atoms with E-state index in [1.54, 1.807) is 0 Å². The number of hydrogen-bond donors (Lipinski definition) is 1. The minimum atomic E-state index is -4.47. The van der Waals surface area contributed by atoms with Gasteiger partial charge in [-0.25, -0.2) is 9.97 Å². The summed E-state index contributed by atoms with van der Waals surface area (Å²) in [7, 11) is 0. The Labute approximate surface area is 167 Å². The van der Waals surface area contributed by atoms with Crippen LogP contribution in [0, 0.1) is 0 Å². The molecule has 0 aliphatic heterocycles. The lowest BCUT2D eigenvalue weighted by atomic mass is 9.99. The van der Waals surface area contributed by atoms with Crippen LogP contribution in [0.4, 0.5) is 18.2 Å². The number of nitrogens with one attached hydrogen (secondary N) is 1. The average molecular weight is 417 g/mol. The zero-order valence-electron chi connectivity index (χ0n) is 14.9. The molecular weight excluding hydrogens is 403 g/mol. The van der Waals surface area contributed by atoms with E-state index < -0.39 is 23.4 Å². The molecule has 1 N–H and O–H groups in total. The summed E-state index contributed by atoms with van der Waals surface area (Å²) in [5.41, 5.74) is 0.784. The van der Waals surface area contributed by atoms with Crippen LogP contribution < -0.4 is 5.32 Å². The molecule has 0 saturated heterocycles. The first-order chi connectivity index (χ1) is 13.8. The topological polar surface area (TPSA) is 72.0 Å². The fraction of sp³-hybridized carbons (Fsp3) is 0.200. The summed E-state index contributed by atoms with van der Waals surface area (Å²) in [4.78, 5) is 34.2. The van der Waals surface area contributed by atoms with Gasteiger partial charge in [-0.3, -0.25) is 9.59 Å². The Bertz CT molecular complexity index is 1080. The molecule has 1 amide bonds. The molecule has 2 aromatic heterocycles. The standard InChI is InChI=1S/C20H14F3N3O2S/c21-20(22,23)13-6-4-11(5-7-13)17(27)16-14-2-1-3-15(14)29-19(16)26-18(28)12-8-24-10-25-9-12/h4-10H,1-3H2,(H,26,28). The molecule has 1 aliphatic rings. The summed E-state index contributed by atoms with van der Waals surface area (Å²) >= 11 is 1.33. The van der Waals surface area contributed by atoms with Gasteiger partial charge in [-0.05, 0) is 37.0 Å². The van der Waals surface area contributed by atoms with E-state index in [2.05, 4.69) is 15.3 Å². The molecule has 0 bridgehead atoms. The van der Waals surface area contributed by atoms with E-state index in [9.17, 15) is 22.8 Å². The Balaban J connectivity index is 1.68. The number of hydrogen-bond acceptors (Lipinski definition) is 5. The maximum atomic E-state index is 13.1. The van der Waals surface area contributed by atoms with Gasteiger partial charge < -0.3 is 5.32 Å². The SMILES string of the molecule is O=C(Nc1sc2c(c1C(=O)c1ccc(C(F)(F)F)cc1)CCC2)c1cncnc1. The number of fused-ring (bicyclic) bond motifs is 1. The highest BCUT2D eigenvalue weighted by molar-refractivity contribution is 7.17. The van der Waals surface area contributed by atoms with Crippen LogP contribution in [0.3, 0.4) is 0 Å². The maximum absolute atomic E-state index is 13.1. The van der Waals surface area contributed by atoms with Gasteiger partial charge in [0, 0.05) is 22.8 Å². The predicted octanol–water partition coefficient (Wildman–Crippen LogP) is 4.53. The highest BCUT2D eigenvalue weighted by Gasteiger charge is 2.31. The number of anilines is 1. The van der Waals surface area contributed by atoms with Crippen LogP contribution in [0.15, 0.2) is 43.0 Å². The lowest BCUT2D eigenvalue weighted by Gasteiger charge is -2.10. The van der Waals surface area contributed by atoms with Crippen molar-refractivity contribution in [2.75, 3.05) is 5.32 Å². The third-order valence-corrected chi connectivity index (χ3v) is 5.88. The number of thiophene rings is 1. The number of rotatable bonds is 4. The van der Waals surface area contributed by atoms with Gasteiger partial charge in [0.05, 0.1) is 16.7 Å². The Morgan fingerprint density at radius 1 is 1.00 bits per heavy atom. The monoisotopic (exact) mass is 417 g/mol. The largest absolute Gasteiger partial charge is 0.416 e. The number of aryl methyl sites for hydroxylation is 1. The van der Waals surface area contributed by atoms with Gasteiger partial charge in [-0.15, -0.1) is 11.3 Å². The van der Waals surface area contributed by atoms with Gasteiger partial charge in [0.25, 0.3) is 5.91 Å². The molecule has 29 heavy (non-hydrogen) atoms. The van der Waals surface area contributed by atoms with E-state index in [1.165, 1.54) is 42.2 Å². The lowest BCUT2D eigenvalue weighted by Crippen LogP contribution is -2.15. The van der Waals surface area contributed by atoms with Crippen molar-refractivity contribution in [1.29, 1.82) is 0 Å². The van der Waals surface area contributed by atoms with Crippen LogP contribution in [0.5, 0.6) is 0 Å². The van der Waals surface area contributed by atoms with E-state index in [0.29, 0.717) is 17.0 Å². The number of halogens is 3. The minimum Gasteiger partial charge on any atom is -0.313 e. The van der Waals surface area contributed by atoms with Gasteiger partial charge >= 0.3 is 6.18 Å². The summed E-state index contributed by atoms with van der Waals surface area (Å²) in [6.45, 7) is 0. The van der Waals surface area contributed by atoms with E-state index in [0.717, 1.165) is 35.4 Å². The van der Waals surface area contributed by atoms with Gasteiger partial charge in [0.1, 0.15) is 11.3 Å². The average Bonchev–Trinajstić information content (AvgIpc) is 3.28. The van der Waals surface area contributed by atoms with Crippen LogP contribution in [0.25, 0.3) is 0 Å². The van der Waals surface area contributed by atoms with Crippen molar-refractivity contribution < 1.29 is 22.8 Å². The molecule has 4 rings (SSSR count). The van der Waals surface area contributed by atoms with Crippen molar-refractivity contribution in [3.8, 4) is 0 Å². The minimum absolute atomic E-state index is 0.143. The van der Waals surface area contributed by atoms with Crippen LogP contribution >= 0.6 is 11.3 Å². The lowest BCUT2D eigenvalue weighted by molar-refractivity contribution is -0.137. The van der Waals surface area contributed by atoms with Gasteiger partial charge in [-0.2, -0.15) is 13.2 Å². The smallest absolute Gasteiger partial charge is 0.313 e. The summed E-state index contributed by atoms with van der Waals surface area (Å²) in [6, 6.07) is 4.11. The fourth-order valence-electron chi connectivity index (χ4n) is 3.28.